The fourth-order valence-corrected chi connectivity index (χ4v) is 3.27. The van der Waals surface area contributed by atoms with Crippen molar-refractivity contribution >= 4 is 11.6 Å². The summed E-state index contributed by atoms with van der Waals surface area (Å²) in [5, 5.41) is 3.04. The number of hydrogen-bond acceptors (Lipinski definition) is 2. The number of fused-ring (bicyclic) bond motifs is 1. The van der Waals surface area contributed by atoms with Gasteiger partial charge in [-0.15, -0.1) is 0 Å². The Morgan fingerprint density at radius 1 is 1.08 bits per heavy atom. The van der Waals surface area contributed by atoms with Gasteiger partial charge in [-0.3, -0.25) is 4.79 Å². The summed E-state index contributed by atoms with van der Waals surface area (Å²) < 4.78 is 5.96. The number of amides is 1. The number of anilines is 1. The number of unbranched alkanes of at least 4 members (excludes halogenated alkanes) is 2. The first-order valence-corrected chi connectivity index (χ1v) is 8.81. The van der Waals surface area contributed by atoms with Gasteiger partial charge < -0.3 is 10.1 Å². The van der Waals surface area contributed by atoms with Gasteiger partial charge in [-0.05, 0) is 42.5 Å². The van der Waals surface area contributed by atoms with Gasteiger partial charge in [0.05, 0.1) is 12.5 Å². The molecule has 1 N–H and O–H groups in total. The molecule has 3 heteroatoms. The summed E-state index contributed by atoms with van der Waals surface area (Å²) in [4.78, 5) is 12.4. The van der Waals surface area contributed by atoms with Crippen molar-refractivity contribution in [2.45, 2.75) is 45.4 Å². The Morgan fingerprint density at radius 3 is 2.75 bits per heavy atom. The minimum atomic E-state index is -0.139. The number of benzene rings is 2. The third-order valence-corrected chi connectivity index (χ3v) is 4.65. The summed E-state index contributed by atoms with van der Waals surface area (Å²) in [5.74, 6) is 0.850. The number of nitrogens with one attached hydrogen (secondary N) is 1. The number of rotatable bonds is 7. The van der Waals surface area contributed by atoms with E-state index in [-0.39, 0.29) is 11.8 Å². The molecule has 0 spiro atoms. The highest BCUT2D eigenvalue weighted by Gasteiger charge is 2.31. The van der Waals surface area contributed by atoms with E-state index in [1.807, 2.05) is 37.3 Å². The molecule has 0 aromatic heterocycles. The number of aryl methyl sites for hydroxylation is 1. The standard InChI is InChI=1S/C21H25NO2/c1-3-4-7-13-24-19-12-6-5-10-16(19)14-18-17-11-8-9-15(2)20(17)22-21(18)23/h5-6,8-12,18H,3-4,7,13-14H2,1-2H3,(H,22,23). The molecule has 1 heterocycles. The second-order valence-electron chi connectivity index (χ2n) is 6.45. The molecule has 1 aliphatic heterocycles. The second kappa shape index (κ2) is 7.52. The Labute approximate surface area is 144 Å². The fourth-order valence-electron chi connectivity index (χ4n) is 3.27. The van der Waals surface area contributed by atoms with Crippen LogP contribution in [0.2, 0.25) is 0 Å². The number of para-hydroxylation sites is 2. The smallest absolute Gasteiger partial charge is 0.232 e. The lowest BCUT2D eigenvalue weighted by Crippen LogP contribution is -2.15. The van der Waals surface area contributed by atoms with Crippen LogP contribution in [0.5, 0.6) is 5.75 Å². The Balaban J connectivity index is 1.77. The molecule has 1 unspecified atom stereocenters. The van der Waals surface area contributed by atoms with E-state index in [1.165, 1.54) is 12.8 Å². The maximum atomic E-state index is 12.4. The molecule has 0 radical (unpaired) electrons. The number of hydrogen-bond donors (Lipinski definition) is 1. The maximum absolute atomic E-state index is 12.4. The van der Waals surface area contributed by atoms with Crippen LogP contribution in [-0.4, -0.2) is 12.5 Å². The van der Waals surface area contributed by atoms with Gasteiger partial charge >= 0.3 is 0 Å². The molecular formula is C21H25NO2. The second-order valence-corrected chi connectivity index (χ2v) is 6.45. The first-order chi connectivity index (χ1) is 11.7. The van der Waals surface area contributed by atoms with Crippen molar-refractivity contribution in [3.63, 3.8) is 0 Å². The molecule has 1 atom stereocenters. The average molecular weight is 323 g/mol. The van der Waals surface area contributed by atoms with Crippen molar-refractivity contribution < 1.29 is 9.53 Å². The van der Waals surface area contributed by atoms with Crippen LogP contribution in [0.1, 0.15) is 48.8 Å². The minimum absolute atomic E-state index is 0.0834. The topological polar surface area (TPSA) is 38.3 Å². The molecule has 2 aromatic rings. The van der Waals surface area contributed by atoms with Crippen LogP contribution in [0.15, 0.2) is 42.5 Å². The lowest BCUT2D eigenvalue weighted by atomic mass is 9.92. The highest BCUT2D eigenvalue weighted by atomic mass is 16.5. The molecule has 1 amide bonds. The molecule has 3 rings (SSSR count). The zero-order chi connectivity index (χ0) is 16.9. The molecule has 0 bridgehead atoms. The van der Waals surface area contributed by atoms with Crippen molar-refractivity contribution in [1.82, 2.24) is 0 Å². The molecule has 1 aliphatic rings. The van der Waals surface area contributed by atoms with Gasteiger partial charge in [0.1, 0.15) is 5.75 Å². The third-order valence-electron chi connectivity index (χ3n) is 4.65. The van der Waals surface area contributed by atoms with Crippen molar-refractivity contribution in [2.75, 3.05) is 11.9 Å². The van der Waals surface area contributed by atoms with E-state index in [9.17, 15) is 4.79 Å². The summed E-state index contributed by atoms with van der Waals surface area (Å²) >= 11 is 0. The zero-order valence-electron chi connectivity index (χ0n) is 14.5. The molecule has 3 nitrogen and oxygen atoms in total. The van der Waals surface area contributed by atoms with Gasteiger partial charge in [0, 0.05) is 5.69 Å². The van der Waals surface area contributed by atoms with Crippen LogP contribution in [-0.2, 0) is 11.2 Å². The summed E-state index contributed by atoms with van der Waals surface area (Å²) in [7, 11) is 0. The Hall–Kier alpha value is -2.29. The monoisotopic (exact) mass is 323 g/mol. The number of ether oxygens (including phenoxy) is 1. The van der Waals surface area contributed by atoms with Crippen LogP contribution in [0.4, 0.5) is 5.69 Å². The minimum Gasteiger partial charge on any atom is -0.493 e. The van der Waals surface area contributed by atoms with Crippen LogP contribution < -0.4 is 10.1 Å². The Bertz CT molecular complexity index is 724. The highest BCUT2D eigenvalue weighted by Crippen LogP contribution is 2.38. The maximum Gasteiger partial charge on any atom is 0.232 e. The summed E-state index contributed by atoms with van der Waals surface area (Å²) in [6, 6.07) is 14.2. The third kappa shape index (κ3) is 3.45. The molecule has 0 aliphatic carbocycles. The van der Waals surface area contributed by atoms with Gasteiger partial charge in [0.15, 0.2) is 0 Å². The Kier molecular flexibility index (Phi) is 5.19. The molecule has 0 fully saturated rings. The van der Waals surface area contributed by atoms with E-state index in [2.05, 4.69) is 24.4 Å². The van der Waals surface area contributed by atoms with Gasteiger partial charge in [-0.1, -0.05) is 56.2 Å². The highest BCUT2D eigenvalue weighted by molar-refractivity contribution is 6.03. The average Bonchev–Trinajstić information content (AvgIpc) is 2.91. The lowest BCUT2D eigenvalue weighted by Gasteiger charge is -2.14. The van der Waals surface area contributed by atoms with E-state index >= 15 is 0 Å². The predicted octanol–water partition coefficient (Wildman–Crippen LogP) is 4.84. The summed E-state index contributed by atoms with van der Waals surface area (Å²) in [6.45, 7) is 4.95. The van der Waals surface area contributed by atoms with Gasteiger partial charge in [-0.25, -0.2) is 0 Å². The molecule has 24 heavy (non-hydrogen) atoms. The van der Waals surface area contributed by atoms with Crippen LogP contribution >= 0.6 is 0 Å². The molecular weight excluding hydrogens is 298 g/mol. The van der Waals surface area contributed by atoms with Crippen molar-refractivity contribution in [1.29, 1.82) is 0 Å². The van der Waals surface area contributed by atoms with Crippen molar-refractivity contribution in [3.8, 4) is 5.75 Å². The van der Waals surface area contributed by atoms with E-state index < -0.39 is 0 Å². The van der Waals surface area contributed by atoms with Crippen LogP contribution in [0.3, 0.4) is 0 Å². The first kappa shape index (κ1) is 16.6. The van der Waals surface area contributed by atoms with E-state index in [0.717, 1.165) is 41.2 Å². The van der Waals surface area contributed by atoms with Crippen molar-refractivity contribution in [2.24, 2.45) is 0 Å². The summed E-state index contributed by atoms with van der Waals surface area (Å²) in [6.07, 6.45) is 4.10. The van der Waals surface area contributed by atoms with Gasteiger partial charge in [-0.2, -0.15) is 0 Å². The fraction of sp³-hybridized carbons (Fsp3) is 0.381. The zero-order valence-corrected chi connectivity index (χ0v) is 14.5. The molecule has 126 valence electrons. The van der Waals surface area contributed by atoms with Gasteiger partial charge in [0.2, 0.25) is 5.91 Å². The normalized spacial score (nSPS) is 15.9. The lowest BCUT2D eigenvalue weighted by molar-refractivity contribution is -0.117. The Morgan fingerprint density at radius 2 is 1.92 bits per heavy atom. The number of carbonyl (C=O) groups excluding carboxylic acids is 1. The molecule has 0 saturated heterocycles. The molecule has 0 saturated carbocycles. The largest absolute Gasteiger partial charge is 0.493 e. The van der Waals surface area contributed by atoms with E-state index in [4.69, 9.17) is 4.74 Å². The number of carbonyl (C=O) groups is 1. The van der Waals surface area contributed by atoms with Gasteiger partial charge in [0.25, 0.3) is 0 Å². The summed E-state index contributed by atoms with van der Waals surface area (Å²) in [5.41, 5.74) is 4.30. The predicted molar refractivity (Wildman–Crippen MR) is 97.7 cm³/mol. The van der Waals surface area contributed by atoms with Crippen LogP contribution in [0, 0.1) is 6.92 Å². The van der Waals surface area contributed by atoms with Crippen LogP contribution in [0.25, 0.3) is 0 Å². The van der Waals surface area contributed by atoms with Crippen molar-refractivity contribution in [3.05, 3.63) is 59.2 Å². The first-order valence-electron chi connectivity index (χ1n) is 8.81. The molecule has 2 aromatic carbocycles. The SMILES string of the molecule is CCCCCOc1ccccc1CC1C(=O)Nc2c(C)cccc21. The van der Waals surface area contributed by atoms with E-state index in [0.29, 0.717) is 6.42 Å². The quantitative estimate of drug-likeness (QED) is 0.740. The van der Waals surface area contributed by atoms with E-state index in [1.54, 1.807) is 0 Å².